The SMILES string of the molecule is CC(=O)NC(C)C(=O)NC(Cc1ccccc1)C(=O)NC(CCCCN)C(N)=O. The molecule has 1 aromatic rings. The first-order valence-corrected chi connectivity index (χ1v) is 9.65. The third-order valence-electron chi connectivity index (χ3n) is 4.34. The largest absolute Gasteiger partial charge is 0.368 e. The standard InChI is InChI=1S/C20H31N5O4/c1-13(23-14(2)26)19(28)25-17(12-15-8-4-3-5-9-15)20(29)24-16(18(22)27)10-6-7-11-21/h3-5,8-9,13,16-17H,6-7,10-12,21H2,1-2H3,(H2,22,27)(H,23,26)(H,24,29)(H,25,28). The number of hydrogen-bond donors (Lipinski definition) is 5. The second-order valence-electron chi connectivity index (χ2n) is 6.92. The number of amides is 4. The molecule has 0 saturated carbocycles. The average molecular weight is 405 g/mol. The Morgan fingerprint density at radius 1 is 0.931 bits per heavy atom. The van der Waals surface area contributed by atoms with Crippen LogP contribution >= 0.6 is 0 Å². The average Bonchev–Trinajstić information content (AvgIpc) is 2.66. The van der Waals surface area contributed by atoms with Crippen LogP contribution in [0.15, 0.2) is 30.3 Å². The van der Waals surface area contributed by atoms with E-state index < -0.39 is 35.8 Å². The van der Waals surface area contributed by atoms with Gasteiger partial charge in [0.1, 0.15) is 18.1 Å². The van der Waals surface area contributed by atoms with Crippen molar-refractivity contribution in [2.45, 2.75) is 57.7 Å². The van der Waals surface area contributed by atoms with E-state index in [-0.39, 0.29) is 12.3 Å². The van der Waals surface area contributed by atoms with Gasteiger partial charge < -0.3 is 27.4 Å². The summed E-state index contributed by atoms with van der Waals surface area (Å²) in [7, 11) is 0. The smallest absolute Gasteiger partial charge is 0.243 e. The van der Waals surface area contributed by atoms with Crippen molar-refractivity contribution in [2.75, 3.05) is 6.54 Å². The van der Waals surface area contributed by atoms with E-state index in [2.05, 4.69) is 16.0 Å². The summed E-state index contributed by atoms with van der Waals surface area (Å²) in [6, 6.07) is 6.56. The number of carbonyl (C=O) groups is 4. The quantitative estimate of drug-likeness (QED) is 0.292. The Kier molecular flexibility index (Phi) is 10.4. The Balaban J connectivity index is 2.90. The maximum atomic E-state index is 12.8. The minimum absolute atomic E-state index is 0.222. The molecule has 1 rings (SSSR count). The lowest BCUT2D eigenvalue weighted by molar-refractivity contribution is -0.132. The predicted molar refractivity (Wildman–Crippen MR) is 109 cm³/mol. The van der Waals surface area contributed by atoms with Crippen molar-refractivity contribution in [2.24, 2.45) is 11.5 Å². The number of carbonyl (C=O) groups excluding carboxylic acids is 4. The molecule has 1 aromatic carbocycles. The number of benzene rings is 1. The van der Waals surface area contributed by atoms with E-state index in [1.807, 2.05) is 30.3 Å². The zero-order chi connectivity index (χ0) is 21.8. The van der Waals surface area contributed by atoms with Crippen molar-refractivity contribution < 1.29 is 19.2 Å². The lowest BCUT2D eigenvalue weighted by atomic mass is 10.0. The van der Waals surface area contributed by atoms with E-state index in [9.17, 15) is 19.2 Å². The lowest BCUT2D eigenvalue weighted by Crippen LogP contribution is -2.56. The van der Waals surface area contributed by atoms with Gasteiger partial charge in [-0.1, -0.05) is 30.3 Å². The molecule has 9 heteroatoms. The summed E-state index contributed by atoms with van der Waals surface area (Å²) in [6.07, 6.45) is 1.93. The van der Waals surface area contributed by atoms with Gasteiger partial charge in [-0.25, -0.2) is 0 Å². The van der Waals surface area contributed by atoms with E-state index in [0.717, 1.165) is 5.56 Å². The zero-order valence-corrected chi connectivity index (χ0v) is 16.9. The van der Waals surface area contributed by atoms with E-state index in [1.54, 1.807) is 0 Å². The molecule has 0 spiro atoms. The van der Waals surface area contributed by atoms with Gasteiger partial charge in [0.2, 0.25) is 23.6 Å². The van der Waals surface area contributed by atoms with E-state index >= 15 is 0 Å². The van der Waals surface area contributed by atoms with Crippen molar-refractivity contribution >= 4 is 23.6 Å². The topological polar surface area (TPSA) is 156 Å². The van der Waals surface area contributed by atoms with Crippen LogP contribution in [0.1, 0.15) is 38.7 Å². The summed E-state index contributed by atoms with van der Waals surface area (Å²) >= 11 is 0. The van der Waals surface area contributed by atoms with Gasteiger partial charge in [0.05, 0.1) is 0 Å². The molecular weight excluding hydrogens is 374 g/mol. The maximum absolute atomic E-state index is 12.8. The first kappa shape index (κ1) is 24.1. The number of rotatable bonds is 12. The fraction of sp³-hybridized carbons (Fsp3) is 0.500. The Labute approximate surface area is 171 Å². The molecule has 0 aromatic heterocycles. The van der Waals surface area contributed by atoms with Crippen LogP contribution in [0.25, 0.3) is 0 Å². The molecule has 160 valence electrons. The second-order valence-corrected chi connectivity index (χ2v) is 6.92. The highest BCUT2D eigenvalue weighted by atomic mass is 16.2. The van der Waals surface area contributed by atoms with Crippen LogP contribution in [0.2, 0.25) is 0 Å². The Morgan fingerprint density at radius 2 is 1.55 bits per heavy atom. The van der Waals surface area contributed by atoms with Gasteiger partial charge in [-0.15, -0.1) is 0 Å². The van der Waals surface area contributed by atoms with Crippen LogP contribution in [0, 0.1) is 0 Å². The lowest BCUT2D eigenvalue weighted by Gasteiger charge is -2.23. The van der Waals surface area contributed by atoms with Crippen LogP contribution in [0.4, 0.5) is 0 Å². The van der Waals surface area contributed by atoms with Gasteiger partial charge in [0, 0.05) is 13.3 Å². The molecule has 0 heterocycles. The molecule has 3 unspecified atom stereocenters. The Bertz CT molecular complexity index is 695. The van der Waals surface area contributed by atoms with Crippen molar-refractivity contribution in [3.05, 3.63) is 35.9 Å². The third-order valence-corrected chi connectivity index (χ3v) is 4.34. The number of primary amides is 1. The number of nitrogens with one attached hydrogen (secondary N) is 3. The molecule has 0 saturated heterocycles. The molecule has 3 atom stereocenters. The third kappa shape index (κ3) is 9.20. The van der Waals surface area contributed by atoms with Gasteiger partial charge in [-0.3, -0.25) is 19.2 Å². The molecule has 29 heavy (non-hydrogen) atoms. The summed E-state index contributed by atoms with van der Waals surface area (Å²) < 4.78 is 0. The highest BCUT2D eigenvalue weighted by molar-refractivity contribution is 5.93. The van der Waals surface area contributed by atoms with Gasteiger partial charge in [0.15, 0.2) is 0 Å². The molecule has 0 bridgehead atoms. The monoisotopic (exact) mass is 405 g/mol. The summed E-state index contributed by atoms with van der Waals surface area (Å²) in [6.45, 7) is 3.30. The summed E-state index contributed by atoms with van der Waals surface area (Å²) in [5.74, 6) is -2.03. The highest BCUT2D eigenvalue weighted by Crippen LogP contribution is 2.06. The molecular formula is C20H31N5O4. The first-order chi connectivity index (χ1) is 13.7. The predicted octanol–water partition coefficient (Wildman–Crippen LogP) is -0.662. The normalized spacial score (nSPS) is 13.6. The fourth-order valence-electron chi connectivity index (χ4n) is 2.78. The van der Waals surface area contributed by atoms with Crippen LogP contribution < -0.4 is 27.4 Å². The number of unbranched alkanes of at least 4 members (excludes halogenated alkanes) is 1. The van der Waals surface area contributed by atoms with Crippen molar-refractivity contribution in [3.8, 4) is 0 Å². The summed E-state index contributed by atoms with van der Waals surface area (Å²) in [5.41, 5.74) is 11.7. The van der Waals surface area contributed by atoms with E-state index in [0.29, 0.717) is 25.8 Å². The maximum Gasteiger partial charge on any atom is 0.243 e. The number of nitrogens with two attached hydrogens (primary N) is 2. The Hall–Kier alpha value is -2.94. The van der Waals surface area contributed by atoms with Crippen molar-refractivity contribution in [1.29, 1.82) is 0 Å². The van der Waals surface area contributed by atoms with Gasteiger partial charge in [-0.05, 0) is 38.3 Å². The van der Waals surface area contributed by atoms with Gasteiger partial charge in [0.25, 0.3) is 0 Å². The van der Waals surface area contributed by atoms with Crippen LogP contribution in [-0.2, 0) is 25.6 Å². The molecule has 0 aliphatic heterocycles. The molecule has 4 amide bonds. The molecule has 0 radical (unpaired) electrons. The minimum Gasteiger partial charge on any atom is -0.368 e. The summed E-state index contributed by atoms with van der Waals surface area (Å²) in [5, 5.41) is 7.74. The Morgan fingerprint density at radius 3 is 2.10 bits per heavy atom. The van der Waals surface area contributed by atoms with Crippen LogP contribution in [-0.4, -0.2) is 48.3 Å². The molecule has 0 fully saturated rings. The van der Waals surface area contributed by atoms with Gasteiger partial charge >= 0.3 is 0 Å². The summed E-state index contributed by atoms with van der Waals surface area (Å²) in [4.78, 5) is 48.1. The van der Waals surface area contributed by atoms with Crippen LogP contribution in [0.5, 0.6) is 0 Å². The first-order valence-electron chi connectivity index (χ1n) is 9.65. The van der Waals surface area contributed by atoms with E-state index in [4.69, 9.17) is 11.5 Å². The van der Waals surface area contributed by atoms with Crippen LogP contribution in [0.3, 0.4) is 0 Å². The van der Waals surface area contributed by atoms with Gasteiger partial charge in [-0.2, -0.15) is 0 Å². The highest BCUT2D eigenvalue weighted by Gasteiger charge is 2.27. The minimum atomic E-state index is -0.933. The fourth-order valence-corrected chi connectivity index (χ4v) is 2.78. The second kappa shape index (κ2) is 12.5. The molecule has 0 aliphatic carbocycles. The van der Waals surface area contributed by atoms with Crippen molar-refractivity contribution in [1.82, 2.24) is 16.0 Å². The zero-order valence-electron chi connectivity index (χ0n) is 16.9. The molecule has 0 aliphatic rings. The number of hydrogen-bond acceptors (Lipinski definition) is 5. The van der Waals surface area contributed by atoms with E-state index in [1.165, 1.54) is 13.8 Å². The van der Waals surface area contributed by atoms with Crippen molar-refractivity contribution in [3.63, 3.8) is 0 Å². The molecule has 7 N–H and O–H groups in total. The molecule has 9 nitrogen and oxygen atoms in total.